The summed E-state index contributed by atoms with van der Waals surface area (Å²) in [6.45, 7) is 5.51. The molecule has 1 N–H and O–H groups in total. The van der Waals surface area contributed by atoms with Gasteiger partial charge in [-0.05, 0) is 32.4 Å². The van der Waals surface area contributed by atoms with Crippen molar-refractivity contribution in [2.24, 2.45) is 5.92 Å². The summed E-state index contributed by atoms with van der Waals surface area (Å²) < 4.78 is 4.98. The minimum atomic E-state index is -1.30. The summed E-state index contributed by atoms with van der Waals surface area (Å²) >= 11 is 0. The number of carbonyl (C=O) groups is 1. The first kappa shape index (κ1) is 13.6. The molecule has 17 heavy (non-hydrogen) atoms. The Hall–Kier alpha value is -1.42. The first-order valence-corrected chi connectivity index (χ1v) is 5.84. The average molecular weight is 237 g/mol. The van der Waals surface area contributed by atoms with Gasteiger partial charge in [-0.3, -0.25) is 9.78 Å². The number of nitrogens with zero attached hydrogens (tertiary/aromatic N) is 1. The lowest BCUT2D eigenvalue weighted by Crippen LogP contribution is -2.38. The van der Waals surface area contributed by atoms with E-state index in [-0.39, 0.29) is 5.97 Å². The molecule has 0 saturated heterocycles. The van der Waals surface area contributed by atoms with Crippen molar-refractivity contribution in [3.05, 3.63) is 30.1 Å². The SMILES string of the molecule is CCOC(=O)C(CC)C(C)(O)c1ccccn1. The zero-order valence-electron chi connectivity index (χ0n) is 10.5. The average Bonchev–Trinajstić information content (AvgIpc) is 2.31. The highest BCUT2D eigenvalue weighted by Gasteiger charge is 2.39. The van der Waals surface area contributed by atoms with E-state index in [0.717, 1.165) is 0 Å². The monoisotopic (exact) mass is 237 g/mol. The smallest absolute Gasteiger partial charge is 0.312 e. The van der Waals surface area contributed by atoms with Gasteiger partial charge in [-0.2, -0.15) is 0 Å². The Morgan fingerprint density at radius 2 is 2.24 bits per heavy atom. The van der Waals surface area contributed by atoms with E-state index >= 15 is 0 Å². The van der Waals surface area contributed by atoms with Crippen LogP contribution in [-0.4, -0.2) is 22.7 Å². The number of esters is 1. The second kappa shape index (κ2) is 5.77. The van der Waals surface area contributed by atoms with Gasteiger partial charge in [-0.25, -0.2) is 0 Å². The summed E-state index contributed by atoms with van der Waals surface area (Å²) in [7, 11) is 0. The van der Waals surface area contributed by atoms with E-state index in [9.17, 15) is 9.90 Å². The minimum absolute atomic E-state index is 0.313. The molecule has 1 rings (SSSR count). The lowest BCUT2D eigenvalue weighted by atomic mass is 9.84. The van der Waals surface area contributed by atoms with Crippen molar-refractivity contribution in [1.82, 2.24) is 4.98 Å². The molecule has 0 radical (unpaired) electrons. The van der Waals surface area contributed by atoms with Crippen molar-refractivity contribution < 1.29 is 14.6 Å². The van der Waals surface area contributed by atoms with Crippen LogP contribution in [0.5, 0.6) is 0 Å². The van der Waals surface area contributed by atoms with Crippen LogP contribution in [-0.2, 0) is 15.1 Å². The lowest BCUT2D eigenvalue weighted by Gasteiger charge is -2.29. The van der Waals surface area contributed by atoms with Crippen LogP contribution in [0.15, 0.2) is 24.4 Å². The molecule has 2 unspecified atom stereocenters. The third-order valence-electron chi connectivity index (χ3n) is 2.84. The molecule has 94 valence electrons. The summed E-state index contributed by atoms with van der Waals surface area (Å²) in [4.78, 5) is 15.9. The van der Waals surface area contributed by atoms with Crippen LogP contribution < -0.4 is 0 Å². The molecule has 0 aliphatic heterocycles. The van der Waals surface area contributed by atoms with E-state index in [1.807, 2.05) is 6.92 Å². The van der Waals surface area contributed by atoms with Crippen molar-refractivity contribution in [2.75, 3.05) is 6.61 Å². The van der Waals surface area contributed by atoms with Crippen molar-refractivity contribution in [3.63, 3.8) is 0 Å². The molecule has 1 heterocycles. The molecule has 0 aromatic carbocycles. The van der Waals surface area contributed by atoms with Gasteiger partial charge in [0, 0.05) is 6.20 Å². The van der Waals surface area contributed by atoms with Gasteiger partial charge in [0.15, 0.2) is 0 Å². The summed E-state index contributed by atoms with van der Waals surface area (Å²) in [6.07, 6.45) is 2.10. The van der Waals surface area contributed by atoms with E-state index in [1.54, 1.807) is 38.2 Å². The number of ether oxygens (including phenoxy) is 1. The normalized spacial score (nSPS) is 16.0. The van der Waals surface area contributed by atoms with Gasteiger partial charge >= 0.3 is 5.97 Å². The topological polar surface area (TPSA) is 59.4 Å². The zero-order chi connectivity index (χ0) is 12.9. The highest BCUT2D eigenvalue weighted by Crippen LogP contribution is 2.31. The van der Waals surface area contributed by atoms with Gasteiger partial charge in [0.05, 0.1) is 18.2 Å². The molecule has 0 bridgehead atoms. The molecule has 1 aromatic rings. The second-order valence-corrected chi connectivity index (χ2v) is 4.08. The van der Waals surface area contributed by atoms with Gasteiger partial charge in [-0.15, -0.1) is 0 Å². The molecule has 0 amide bonds. The first-order valence-electron chi connectivity index (χ1n) is 5.84. The van der Waals surface area contributed by atoms with E-state index in [2.05, 4.69) is 4.98 Å². The summed E-state index contributed by atoms with van der Waals surface area (Å²) in [5.41, 5.74) is -0.817. The summed E-state index contributed by atoms with van der Waals surface area (Å²) in [6, 6.07) is 5.27. The largest absolute Gasteiger partial charge is 0.466 e. The Balaban J connectivity index is 2.98. The minimum Gasteiger partial charge on any atom is -0.466 e. The van der Waals surface area contributed by atoms with Crippen LogP contribution in [0, 0.1) is 5.92 Å². The molecule has 0 aliphatic carbocycles. The maximum Gasteiger partial charge on any atom is 0.312 e. The van der Waals surface area contributed by atoms with Gasteiger partial charge in [0.1, 0.15) is 5.60 Å². The maximum absolute atomic E-state index is 11.8. The van der Waals surface area contributed by atoms with Gasteiger partial charge < -0.3 is 9.84 Å². The molecule has 4 heteroatoms. The van der Waals surface area contributed by atoms with Crippen molar-refractivity contribution in [3.8, 4) is 0 Å². The van der Waals surface area contributed by atoms with E-state index in [1.165, 1.54) is 0 Å². The Morgan fingerprint density at radius 3 is 2.71 bits per heavy atom. The molecule has 0 spiro atoms. The molecule has 4 nitrogen and oxygen atoms in total. The van der Waals surface area contributed by atoms with Crippen LogP contribution in [0.4, 0.5) is 0 Å². The van der Waals surface area contributed by atoms with Crippen LogP contribution in [0.2, 0.25) is 0 Å². The lowest BCUT2D eigenvalue weighted by molar-refractivity contribution is -0.158. The summed E-state index contributed by atoms with van der Waals surface area (Å²) in [5, 5.41) is 10.5. The van der Waals surface area contributed by atoms with Crippen LogP contribution in [0.25, 0.3) is 0 Å². The number of aromatic nitrogens is 1. The van der Waals surface area contributed by atoms with Crippen LogP contribution in [0.3, 0.4) is 0 Å². The van der Waals surface area contributed by atoms with Crippen LogP contribution in [0.1, 0.15) is 32.9 Å². The third kappa shape index (κ3) is 3.03. The molecule has 0 fully saturated rings. The Kier molecular flexibility index (Phi) is 4.63. The second-order valence-electron chi connectivity index (χ2n) is 4.08. The number of hydrogen-bond acceptors (Lipinski definition) is 4. The first-order chi connectivity index (χ1) is 8.04. The van der Waals surface area contributed by atoms with E-state index < -0.39 is 11.5 Å². The van der Waals surface area contributed by atoms with Crippen LogP contribution >= 0.6 is 0 Å². The molecular weight excluding hydrogens is 218 g/mol. The highest BCUT2D eigenvalue weighted by molar-refractivity contribution is 5.74. The van der Waals surface area contributed by atoms with Gasteiger partial charge in [-0.1, -0.05) is 13.0 Å². The fourth-order valence-corrected chi connectivity index (χ4v) is 1.88. The molecule has 1 aromatic heterocycles. The summed E-state index contributed by atoms with van der Waals surface area (Å²) in [5.74, 6) is -0.983. The molecule has 0 saturated carbocycles. The van der Waals surface area contributed by atoms with Crippen molar-refractivity contribution >= 4 is 5.97 Å². The molecule has 0 aliphatic rings. The third-order valence-corrected chi connectivity index (χ3v) is 2.84. The number of carbonyl (C=O) groups excluding carboxylic acids is 1. The van der Waals surface area contributed by atoms with Gasteiger partial charge in [0.2, 0.25) is 0 Å². The number of rotatable bonds is 5. The number of pyridine rings is 1. The standard InChI is InChI=1S/C13H19NO3/c1-4-10(12(15)17-5-2)13(3,16)11-8-6-7-9-14-11/h6-10,16H,4-5H2,1-3H3. The maximum atomic E-state index is 11.8. The predicted molar refractivity (Wildman–Crippen MR) is 64.2 cm³/mol. The van der Waals surface area contributed by atoms with Crippen molar-refractivity contribution in [2.45, 2.75) is 32.8 Å². The Morgan fingerprint density at radius 1 is 1.53 bits per heavy atom. The van der Waals surface area contributed by atoms with E-state index in [4.69, 9.17) is 4.74 Å². The molecular formula is C13H19NO3. The Bertz CT molecular complexity index is 362. The zero-order valence-corrected chi connectivity index (χ0v) is 10.5. The highest BCUT2D eigenvalue weighted by atomic mass is 16.5. The predicted octanol–water partition coefficient (Wildman–Crippen LogP) is 1.88. The fraction of sp³-hybridized carbons (Fsp3) is 0.538. The molecule has 2 atom stereocenters. The number of aliphatic hydroxyl groups is 1. The number of hydrogen-bond donors (Lipinski definition) is 1. The quantitative estimate of drug-likeness (QED) is 0.794. The van der Waals surface area contributed by atoms with Gasteiger partial charge in [0.25, 0.3) is 0 Å². The fourth-order valence-electron chi connectivity index (χ4n) is 1.88. The van der Waals surface area contributed by atoms with E-state index in [0.29, 0.717) is 18.7 Å². The van der Waals surface area contributed by atoms with Crippen molar-refractivity contribution in [1.29, 1.82) is 0 Å². The Labute approximate surface area is 102 Å².